The van der Waals surface area contributed by atoms with Crippen LogP contribution in [0.2, 0.25) is 0 Å². The lowest BCUT2D eigenvalue weighted by molar-refractivity contribution is -0.146. The number of amides is 2. The molecule has 0 aliphatic carbocycles. The molecular weight excluding hydrogens is 308 g/mol. The zero-order valence-corrected chi connectivity index (χ0v) is 15.0. The Morgan fingerprint density at radius 3 is 2.21 bits per heavy atom. The van der Waals surface area contributed by atoms with E-state index in [0.29, 0.717) is 18.8 Å². The molecule has 6 heteroatoms. The Balaban J connectivity index is 3.03. The first-order valence-corrected chi connectivity index (χ1v) is 8.16. The van der Waals surface area contributed by atoms with Crippen LogP contribution in [0.15, 0.2) is 24.3 Å². The van der Waals surface area contributed by atoms with E-state index in [-0.39, 0.29) is 18.1 Å². The molecular formula is C18H26N2O4. The first kappa shape index (κ1) is 19.7. The van der Waals surface area contributed by atoms with Crippen molar-refractivity contribution in [1.29, 1.82) is 0 Å². The molecule has 0 saturated carbocycles. The van der Waals surface area contributed by atoms with Crippen molar-refractivity contribution < 1.29 is 19.1 Å². The molecule has 1 rings (SSSR count). The first-order chi connectivity index (χ1) is 11.3. The summed E-state index contributed by atoms with van der Waals surface area (Å²) in [5.41, 5.74) is -0.645. The number of carbonyl (C=O) groups excluding carboxylic acids is 3. The van der Waals surface area contributed by atoms with E-state index < -0.39 is 17.3 Å². The molecule has 0 aliphatic rings. The number of anilines is 1. The normalized spacial score (nSPS) is 10.9. The average Bonchev–Trinajstić information content (AvgIpc) is 2.56. The molecule has 0 aliphatic heterocycles. The number of carbonyl (C=O) groups is 3. The van der Waals surface area contributed by atoms with Crippen LogP contribution in [-0.2, 0) is 14.3 Å². The van der Waals surface area contributed by atoms with Crippen LogP contribution in [0, 0.1) is 5.41 Å². The lowest BCUT2D eigenvalue weighted by atomic mass is 9.90. The Hall–Kier alpha value is -2.37. The molecule has 0 heterocycles. The van der Waals surface area contributed by atoms with Gasteiger partial charge in [0.25, 0.3) is 0 Å². The minimum atomic E-state index is -1.24. The third-order valence-electron chi connectivity index (χ3n) is 3.82. The van der Waals surface area contributed by atoms with Crippen LogP contribution in [-0.4, -0.2) is 42.4 Å². The Morgan fingerprint density at radius 1 is 1.08 bits per heavy atom. The van der Waals surface area contributed by atoms with Gasteiger partial charge in [-0.15, -0.1) is 0 Å². The molecule has 1 N–H and O–H groups in total. The lowest BCUT2D eigenvalue weighted by Gasteiger charge is -2.29. The van der Waals surface area contributed by atoms with Crippen molar-refractivity contribution >= 4 is 23.5 Å². The standard InChI is InChI=1S/C18H26N2O4/c1-6-20(7-2)17(23)18(4,5)16(22)19-14-12-10-9-11-13(14)15(21)24-8-3/h9-12H,6-8H2,1-5H3,(H,19,22). The topological polar surface area (TPSA) is 75.7 Å². The van der Waals surface area contributed by atoms with Crippen molar-refractivity contribution in [3.63, 3.8) is 0 Å². The van der Waals surface area contributed by atoms with Gasteiger partial charge in [0.15, 0.2) is 0 Å². The van der Waals surface area contributed by atoms with E-state index in [9.17, 15) is 14.4 Å². The van der Waals surface area contributed by atoms with Crippen LogP contribution >= 0.6 is 0 Å². The summed E-state index contributed by atoms with van der Waals surface area (Å²) in [4.78, 5) is 38.8. The molecule has 0 spiro atoms. The van der Waals surface area contributed by atoms with Crippen LogP contribution in [0.5, 0.6) is 0 Å². The van der Waals surface area contributed by atoms with E-state index in [1.807, 2.05) is 13.8 Å². The number of ether oxygens (including phenoxy) is 1. The highest BCUT2D eigenvalue weighted by Gasteiger charge is 2.38. The molecule has 0 unspecified atom stereocenters. The van der Waals surface area contributed by atoms with Gasteiger partial charge in [0, 0.05) is 13.1 Å². The fraction of sp³-hybridized carbons (Fsp3) is 0.500. The second-order valence-corrected chi connectivity index (χ2v) is 5.82. The summed E-state index contributed by atoms with van der Waals surface area (Å²) in [6, 6.07) is 6.58. The van der Waals surface area contributed by atoms with Gasteiger partial charge in [0.2, 0.25) is 11.8 Å². The van der Waals surface area contributed by atoms with Crippen molar-refractivity contribution in [1.82, 2.24) is 4.90 Å². The van der Waals surface area contributed by atoms with Crippen LogP contribution in [0.1, 0.15) is 45.0 Å². The lowest BCUT2D eigenvalue weighted by Crippen LogP contribution is -2.47. The van der Waals surface area contributed by atoms with Gasteiger partial charge in [0.05, 0.1) is 17.9 Å². The van der Waals surface area contributed by atoms with Gasteiger partial charge < -0.3 is 15.0 Å². The molecule has 1 aromatic carbocycles. The maximum Gasteiger partial charge on any atom is 0.340 e. The Bertz CT molecular complexity index is 607. The third kappa shape index (κ3) is 4.34. The van der Waals surface area contributed by atoms with E-state index >= 15 is 0 Å². The van der Waals surface area contributed by atoms with Gasteiger partial charge >= 0.3 is 5.97 Å². The largest absolute Gasteiger partial charge is 0.462 e. The number of hydrogen-bond acceptors (Lipinski definition) is 4. The predicted octanol–water partition coefficient (Wildman–Crippen LogP) is 2.70. The van der Waals surface area contributed by atoms with Gasteiger partial charge in [-0.3, -0.25) is 9.59 Å². The van der Waals surface area contributed by atoms with Crippen molar-refractivity contribution in [2.45, 2.75) is 34.6 Å². The molecule has 0 saturated heterocycles. The summed E-state index contributed by atoms with van der Waals surface area (Å²) in [6.07, 6.45) is 0. The second kappa shape index (κ2) is 8.47. The Kier molecular flexibility index (Phi) is 6.95. The summed E-state index contributed by atoms with van der Waals surface area (Å²) in [6.45, 7) is 9.91. The highest BCUT2D eigenvalue weighted by atomic mass is 16.5. The molecule has 2 amide bonds. The van der Waals surface area contributed by atoms with E-state index in [0.717, 1.165) is 0 Å². The number of para-hydroxylation sites is 1. The van der Waals surface area contributed by atoms with Crippen LogP contribution in [0.25, 0.3) is 0 Å². The smallest absolute Gasteiger partial charge is 0.340 e. The van der Waals surface area contributed by atoms with E-state index in [2.05, 4.69) is 5.32 Å². The van der Waals surface area contributed by atoms with Crippen molar-refractivity contribution in [3.8, 4) is 0 Å². The van der Waals surface area contributed by atoms with Gasteiger partial charge in [-0.1, -0.05) is 12.1 Å². The summed E-state index contributed by atoms with van der Waals surface area (Å²) < 4.78 is 4.99. The van der Waals surface area contributed by atoms with E-state index in [4.69, 9.17) is 4.74 Å². The molecule has 0 atom stereocenters. The number of rotatable bonds is 7. The highest BCUT2D eigenvalue weighted by molar-refractivity contribution is 6.11. The van der Waals surface area contributed by atoms with Gasteiger partial charge in [-0.05, 0) is 46.8 Å². The minimum Gasteiger partial charge on any atom is -0.462 e. The Labute approximate surface area is 143 Å². The van der Waals surface area contributed by atoms with Crippen LogP contribution in [0.3, 0.4) is 0 Å². The van der Waals surface area contributed by atoms with Crippen LogP contribution < -0.4 is 5.32 Å². The number of hydrogen-bond donors (Lipinski definition) is 1. The molecule has 1 aromatic rings. The zero-order chi connectivity index (χ0) is 18.3. The van der Waals surface area contributed by atoms with Crippen molar-refractivity contribution in [2.75, 3.05) is 25.0 Å². The highest BCUT2D eigenvalue weighted by Crippen LogP contribution is 2.24. The Morgan fingerprint density at radius 2 is 1.67 bits per heavy atom. The number of benzene rings is 1. The number of nitrogens with zero attached hydrogens (tertiary/aromatic N) is 1. The SMILES string of the molecule is CCOC(=O)c1ccccc1NC(=O)C(C)(C)C(=O)N(CC)CC. The zero-order valence-electron chi connectivity index (χ0n) is 15.0. The van der Waals surface area contributed by atoms with Gasteiger partial charge in [0.1, 0.15) is 5.41 Å². The molecule has 0 radical (unpaired) electrons. The number of esters is 1. The van der Waals surface area contributed by atoms with E-state index in [1.54, 1.807) is 49.9 Å². The van der Waals surface area contributed by atoms with Gasteiger partial charge in [-0.2, -0.15) is 0 Å². The quantitative estimate of drug-likeness (QED) is 0.614. The van der Waals surface area contributed by atoms with Crippen molar-refractivity contribution in [3.05, 3.63) is 29.8 Å². The number of nitrogens with one attached hydrogen (secondary N) is 1. The maximum atomic E-state index is 12.6. The predicted molar refractivity (Wildman–Crippen MR) is 92.7 cm³/mol. The monoisotopic (exact) mass is 334 g/mol. The first-order valence-electron chi connectivity index (χ1n) is 8.16. The molecule has 0 aromatic heterocycles. The van der Waals surface area contributed by atoms with E-state index in [1.165, 1.54) is 0 Å². The molecule has 24 heavy (non-hydrogen) atoms. The fourth-order valence-corrected chi connectivity index (χ4v) is 2.26. The summed E-state index contributed by atoms with van der Waals surface area (Å²) in [5.74, 6) is -1.23. The third-order valence-corrected chi connectivity index (χ3v) is 3.82. The van der Waals surface area contributed by atoms with Crippen LogP contribution in [0.4, 0.5) is 5.69 Å². The fourth-order valence-electron chi connectivity index (χ4n) is 2.26. The van der Waals surface area contributed by atoms with Crippen molar-refractivity contribution in [2.24, 2.45) is 5.41 Å². The summed E-state index contributed by atoms with van der Waals surface area (Å²) in [5, 5.41) is 2.69. The minimum absolute atomic E-state index is 0.243. The summed E-state index contributed by atoms with van der Waals surface area (Å²) in [7, 11) is 0. The molecule has 0 fully saturated rings. The van der Waals surface area contributed by atoms with Gasteiger partial charge in [-0.25, -0.2) is 4.79 Å². The second-order valence-electron chi connectivity index (χ2n) is 5.82. The average molecular weight is 334 g/mol. The molecule has 6 nitrogen and oxygen atoms in total. The molecule has 0 bridgehead atoms. The molecule has 132 valence electrons. The maximum absolute atomic E-state index is 12.6. The summed E-state index contributed by atoms with van der Waals surface area (Å²) >= 11 is 0.